The van der Waals surface area contributed by atoms with E-state index in [1.807, 2.05) is 26.8 Å². The van der Waals surface area contributed by atoms with Gasteiger partial charge in [-0.2, -0.15) is 0 Å². The molecule has 0 aliphatic heterocycles. The summed E-state index contributed by atoms with van der Waals surface area (Å²) < 4.78 is 0. The molecule has 0 bridgehead atoms. The van der Waals surface area contributed by atoms with E-state index in [9.17, 15) is 9.59 Å². The molecule has 1 aromatic rings. The summed E-state index contributed by atoms with van der Waals surface area (Å²) in [4.78, 5) is 22.9. The molecule has 0 unspecified atom stereocenters. The molecule has 0 aliphatic carbocycles. The number of carbonyl (C=O) groups is 2. The highest BCUT2D eigenvalue weighted by atomic mass is 16.2. The van der Waals surface area contributed by atoms with Crippen molar-refractivity contribution >= 4 is 11.8 Å². The molecular formula is C15H23N3O2. The van der Waals surface area contributed by atoms with E-state index < -0.39 is 11.9 Å². The Kier molecular flexibility index (Phi) is 5.27. The van der Waals surface area contributed by atoms with Gasteiger partial charge in [0, 0.05) is 12.1 Å². The van der Waals surface area contributed by atoms with Crippen molar-refractivity contribution < 1.29 is 9.59 Å². The number of nitrogens with two attached hydrogens (primary N) is 2. The zero-order valence-corrected chi connectivity index (χ0v) is 12.3. The van der Waals surface area contributed by atoms with Crippen molar-refractivity contribution in [2.45, 2.75) is 33.2 Å². The molecule has 0 heterocycles. The lowest BCUT2D eigenvalue weighted by molar-refractivity contribution is -0.124. The van der Waals surface area contributed by atoms with Crippen molar-refractivity contribution in [2.75, 3.05) is 6.54 Å². The van der Waals surface area contributed by atoms with Crippen molar-refractivity contribution in [3.8, 4) is 0 Å². The molecule has 2 amide bonds. The Bertz CT molecular complexity index is 492. The third kappa shape index (κ3) is 4.66. The first-order chi connectivity index (χ1) is 9.21. The van der Waals surface area contributed by atoms with E-state index >= 15 is 0 Å². The second-order valence-corrected chi connectivity index (χ2v) is 5.95. The molecule has 1 rings (SSSR count). The first-order valence-electron chi connectivity index (χ1n) is 6.64. The van der Waals surface area contributed by atoms with Crippen LogP contribution in [0.15, 0.2) is 24.3 Å². The lowest BCUT2D eigenvalue weighted by Crippen LogP contribution is -2.48. The molecule has 5 N–H and O–H groups in total. The molecule has 5 heteroatoms. The topological polar surface area (TPSA) is 98.2 Å². The minimum absolute atomic E-state index is 0.163. The molecule has 0 radical (unpaired) electrons. The molecule has 0 saturated carbocycles. The van der Waals surface area contributed by atoms with Crippen LogP contribution >= 0.6 is 0 Å². The van der Waals surface area contributed by atoms with E-state index in [4.69, 9.17) is 11.5 Å². The summed E-state index contributed by atoms with van der Waals surface area (Å²) in [6.45, 7) is 6.25. The number of benzene rings is 1. The summed E-state index contributed by atoms with van der Waals surface area (Å²) in [6.07, 6.45) is 0.629. The number of hydrogen-bond donors (Lipinski definition) is 3. The van der Waals surface area contributed by atoms with Crippen LogP contribution in [0.1, 0.15) is 36.7 Å². The molecule has 0 saturated heterocycles. The highest BCUT2D eigenvalue weighted by molar-refractivity contribution is 5.92. The Labute approximate surface area is 119 Å². The van der Waals surface area contributed by atoms with E-state index in [2.05, 4.69) is 5.32 Å². The predicted octanol–water partition coefficient (Wildman–Crippen LogP) is 0.818. The number of rotatable bonds is 5. The van der Waals surface area contributed by atoms with E-state index in [1.54, 1.807) is 18.2 Å². The Morgan fingerprint density at radius 1 is 1.30 bits per heavy atom. The quantitative estimate of drug-likeness (QED) is 0.743. The van der Waals surface area contributed by atoms with Gasteiger partial charge >= 0.3 is 0 Å². The smallest absolute Gasteiger partial charge is 0.248 e. The Balaban J connectivity index is 2.51. The first kappa shape index (κ1) is 16.2. The fourth-order valence-corrected chi connectivity index (χ4v) is 1.71. The third-order valence-electron chi connectivity index (χ3n) is 3.14. The average Bonchev–Trinajstić information content (AvgIpc) is 2.37. The molecule has 0 aromatic heterocycles. The normalized spacial score (nSPS) is 12.8. The first-order valence-corrected chi connectivity index (χ1v) is 6.64. The number of hydrogen-bond acceptors (Lipinski definition) is 3. The van der Waals surface area contributed by atoms with Crippen molar-refractivity contribution in [3.63, 3.8) is 0 Å². The number of primary amides is 1. The SMILES string of the molecule is CC(C)(C)[C@H](N)C(=O)NCCc1cccc(C(N)=O)c1. The Morgan fingerprint density at radius 2 is 1.95 bits per heavy atom. The lowest BCUT2D eigenvalue weighted by Gasteiger charge is -2.25. The standard InChI is InChI=1S/C15H23N3O2/c1-15(2,3)12(16)14(20)18-8-7-10-5-4-6-11(9-10)13(17)19/h4-6,9,12H,7-8,16H2,1-3H3,(H2,17,19)(H,18,20)/t12-/m1/s1. The molecule has 20 heavy (non-hydrogen) atoms. The maximum atomic E-state index is 11.8. The largest absolute Gasteiger partial charge is 0.366 e. The molecule has 0 spiro atoms. The van der Waals surface area contributed by atoms with Crippen LogP contribution < -0.4 is 16.8 Å². The van der Waals surface area contributed by atoms with Crippen LogP contribution in [0.5, 0.6) is 0 Å². The Hall–Kier alpha value is -1.88. The van der Waals surface area contributed by atoms with Crippen LogP contribution in [0.4, 0.5) is 0 Å². The van der Waals surface area contributed by atoms with E-state index in [-0.39, 0.29) is 11.3 Å². The van der Waals surface area contributed by atoms with Crippen LogP contribution in [0, 0.1) is 5.41 Å². The summed E-state index contributed by atoms with van der Waals surface area (Å²) in [5.74, 6) is -0.616. The van der Waals surface area contributed by atoms with Gasteiger partial charge in [-0.1, -0.05) is 32.9 Å². The van der Waals surface area contributed by atoms with Crippen molar-refractivity contribution in [3.05, 3.63) is 35.4 Å². The summed E-state index contributed by atoms with van der Waals surface area (Å²) in [6, 6.07) is 6.53. The molecule has 1 aromatic carbocycles. The van der Waals surface area contributed by atoms with Crippen molar-refractivity contribution in [1.82, 2.24) is 5.32 Å². The van der Waals surface area contributed by atoms with Gasteiger partial charge in [0.05, 0.1) is 6.04 Å². The lowest BCUT2D eigenvalue weighted by atomic mass is 9.87. The number of carbonyl (C=O) groups excluding carboxylic acids is 2. The zero-order chi connectivity index (χ0) is 15.3. The summed E-state index contributed by atoms with van der Waals surface area (Å²) in [7, 11) is 0. The van der Waals surface area contributed by atoms with Gasteiger partial charge in [-0.05, 0) is 29.5 Å². The summed E-state index contributed by atoms with van der Waals surface area (Å²) in [5.41, 5.74) is 12.2. The van der Waals surface area contributed by atoms with Gasteiger partial charge in [0.25, 0.3) is 0 Å². The highest BCUT2D eigenvalue weighted by Crippen LogP contribution is 2.17. The van der Waals surface area contributed by atoms with E-state index in [1.165, 1.54) is 0 Å². The molecule has 0 fully saturated rings. The van der Waals surface area contributed by atoms with E-state index in [0.717, 1.165) is 5.56 Å². The fourth-order valence-electron chi connectivity index (χ4n) is 1.71. The van der Waals surface area contributed by atoms with E-state index in [0.29, 0.717) is 18.5 Å². The van der Waals surface area contributed by atoms with Gasteiger partial charge in [-0.3, -0.25) is 9.59 Å². The second kappa shape index (κ2) is 6.52. The second-order valence-electron chi connectivity index (χ2n) is 5.95. The molecule has 110 valence electrons. The zero-order valence-electron chi connectivity index (χ0n) is 12.3. The van der Waals surface area contributed by atoms with Gasteiger partial charge < -0.3 is 16.8 Å². The van der Waals surface area contributed by atoms with Gasteiger partial charge in [-0.15, -0.1) is 0 Å². The summed E-state index contributed by atoms with van der Waals surface area (Å²) in [5, 5.41) is 2.81. The summed E-state index contributed by atoms with van der Waals surface area (Å²) >= 11 is 0. The van der Waals surface area contributed by atoms with Crippen molar-refractivity contribution in [1.29, 1.82) is 0 Å². The van der Waals surface area contributed by atoms with Crippen LogP contribution in [-0.4, -0.2) is 24.4 Å². The van der Waals surface area contributed by atoms with Crippen LogP contribution in [0.3, 0.4) is 0 Å². The predicted molar refractivity (Wildman–Crippen MR) is 79.1 cm³/mol. The minimum Gasteiger partial charge on any atom is -0.366 e. The fraction of sp³-hybridized carbons (Fsp3) is 0.467. The molecule has 0 aliphatic rings. The maximum Gasteiger partial charge on any atom is 0.248 e. The number of amides is 2. The molecular weight excluding hydrogens is 254 g/mol. The number of nitrogens with one attached hydrogen (secondary N) is 1. The monoisotopic (exact) mass is 277 g/mol. The van der Waals surface area contributed by atoms with Gasteiger partial charge in [0.2, 0.25) is 11.8 Å². The van der Waals surface area contributed by atoms with Gasteiger partial charge in [0.15, 0.2) is 0 Å². The van der Waals surface area contributed by atoms with Crippen LogP contribution in [0.2, 0.25) is 0 Å². The van der Waals surface area contributed by atoms with Gasteiger partial charge in [0.1, 0.15) is 0 Å². The van der Waals surface area contributed by atoms with Gasteiger partial charge in [-0.25, -0.2) is 0 Å². The minimum atomic E-state index is -0.542. The average molecular weight is 277 g/mol. The highest BCUT2D eigenvalue weighted by Gasteiger charge is 2.26. The maximum absolute atomic E-state index is 11.8. The third-order valence-corrected chi connectivity index (χ3v) is 3.14. The Morgan fingerprint density at radius 3 is 2.50 bits per heavy atom. The molecule has 5 nitrogen and oxygen atoms in total. The van der Waals surface area contributed by atoms with Crippen LogP contribution in [0.25, 0.3) is 0 Å². The van der Waals surface area contributed by atoms with Crippen molar-refractivity contribution in [2.24, 2.45) is 16.9 Å². The molecule has 1 atom stereocenters. The van der Waals surface area contributed by atoms with Crippen LogP contribution in [-0.2, 0) is 11.2 Å².